The van der Waals surface area contributed by atoms with Crippen LogP contribution < -0.4 is 10.1 Å². The summed E-state index contributed by atoms with van der Waals surface area (Å²) in [4.78, 5) is 19.5. The molecule has 0 saturated carbocycles. The highest BCUT2D eigenvalue weighted by molar-refractivity contribution is 9.10. The van der Waals surface area contributed by atoms with E-state index in [1.54, 1.807) is 18.2 Å². The molecule has 0 aromatic heterocycles. The van der Waals surface area contributed by atoms with Crippen molar-refractivity contribution in [1.82, 2.24) is 5.32 Å². The van der Waals surface area contributed by atoms with Gasteiger partial charge in [0, 0.05) is 56.7 Å². The van der Waals surface area contributed by atoms with Crippen LogP contribution in [0.5, 0.6) is 5.75 Å². The number of halogens is 4. The molecule has 10 heteroatoms. The summed E-state index contributed by atoms with van der Waals surface area (Å²) in [6.45, 7) is 0.832. The van der Waals surface area contributed by atoms with E-state index in [2.05, 4.69) is 21.2 Å². The predicted molar refractivity (Wildman–Crippen MR) is 179 cm³/mol. The number of hydrogen-bond donors (Lipinski definition) is 2. The molecule has 6 nitrogen and oxygen atoms in total. The van der Waals surface area contributed by atoms with Crippen LogP contribution in [0, 0.1) is 0 Å². The third kappa shape index (κ3) is 7.59. The largest absolute Gasteiger partial charge is 0.494 e. The second kappa shape index (κ2) is 14.8. The van der Waals surface area contributed by atoms with Crippen molar-refractivity contribution < 1.29 is 19.4 Å². The zero-order valence-corrected chi connectivity index (χ0v) is 27.5. The third-order valence-electron chi connectivity index (χ3n) is 7.31. The van der Waals surface area contributed by atoms with Crippen molar-refractivity contribution in [3.8, 4) is 5.75 Å². The topological polar surface area (TPSA) is 80.2 Å². The summed E-state index contributed by atoms with van der Waals surface area (Å²) in [7, 11) is 0. The van der Waals surface area contributed by atoms with E-state index in [1.807, 2.05) is 72.8 Å². The van der Waals surface area contributed by atoms with Crippen LogP contribution in [-0.2, 0) is 22.4 Å². The molecule has 228 valence electrons. The van der Waals surface area contributed by atoms with E-state index in [1.165, 1.54) is 0 Å². The standard InChI is InChI=1S/C34H30BrCl3N2O4/c35-29-5-2-1-4-24(29)21-34(33(42)39-17-16-22-6-10-25(36)11-7-22)31(28-15-12-26(37)20-30(28)38)44-32(40-34)23-8-13-27(14-9-23)43-19-3-18-41/h1-2,4-15,20,31,41H,3,16-19,21H2,(H,39,42)/t31-,34-/m1/s1. The quantitative estimate of drug-likeness (QED) is 0.146. The first-order valence-electron chi connectivity index (χ1n) is 14.1. The zero-order valence-electron chi connectivity index (χ0n) is 23.6. The molecule has 0 radical (unpaired) electrons. The Morgan fingerprint density at radius 1 is 0.977 bits per heavy atom. The molecule has 1 aliphatic rings. The number of carbonyl (C=O) groups is 1. The molecule has 2 atom stereocenters. The average Bonchev–Trinajstić information content (AvgIpc) is 3.40. The molecule has 5 rings (SSSR count). The van der Waals surface area contributed by atoms with Gasteiger partial charge in [0.15, 0.2) is 11.6 Å². The molecule has 1 heterocycles. The Morgan fingerprint density at radius 2 is 1.70 bits per heavy atom. The molecule has 1 aliphatic heterocycles. The van der Waals surface area contributed by atoms with Gasteiger partial charge in [-0.05, 0) is 72.1 Å². The van der Waals surface area contributed by atoms with Crippen LogP contribution in [0.4, 0.5) is 0 Å². The lowest BCUT2D eigenvalue weighted by atomic mass is 9.82. The number of benzene rings is 4. The van der Waals surface area contributed by atoms with Crippen molar-refractivity contribution in [2.75, 3.05) is 19.8 Å². The molecule has 4 aromatic rings. The Morgan fingerprint density at radius 3 is 2.41 bits per heavy atom. The molecule has 2 N–H and O–H groups in total. The van der Waals surface area contributed by atoms with Crippen molar-refractivity contribution in [2.45, 2.75) is 30.9 Å². The molecule has 0 spiro atoms. The second-order valence-corrected chi connectivity index (χ2v) is 12.5. The SMILES string of the molecule is O=C(NCCc1ccc(Cl)cc1)[C@]1(Cc2ccccc2Br)N=C(c2ccc(OCCCO)cc2)O[C@@H]1c1ccc(Cl)cc1Cl. The molecular formula is C34H30BrCl3N2O4. The molecular weight excluding hydrogens is 687 g/mol. The second-order valence-electron chi connectivity index (χ2n) is 10.4. The molecule has 4 aromatic carbocycles. The van der Waals surface area contributed by atoms with Crippen molar-refractivity contribution >= 4 is 62.5 Å². The highest BCUT2D eigenvalue weighted by atomic mass is 79.9. The van der Waals surface area contributed by atoms with E-state index in [0.717, 1.165) is 15.6 Å². The van der Waals surface area contributed by atoms with Crippen molar-refractivity contribution in [3.63, 3.8) is 0 Å². The van der Waals surface area contributed by atoms with E-state index in [9.17, 15) is 4.79 Å². The van der Waals surface area contributed by atoms with Crippen LogP contribution in [-0.4, -0.2) is 42.2 Å². The van der Waals surface area contributed by atoms with Crippen molar-refractivity contribution in [2.24, 2.45) is 4.99 Å². The summed E-state index contributed by atoms with van der Waals surface area (Å²) in [5.74, 6) is 0.664. The van der Waals surface area contributed by atoms with Gasteiger partial charge >= 0.3 is 0 Å². The number of aliphatic hydroxyl groups excluding tert-OH is 1. The lowest BCUT2D eigenvalue weighted by Crippen LogP contribution is -2.50. The molecule has 0 saturated heterocycles. The van der Waals surface area contributed by atoms with Gasteiger partial charge in [-0.1, -0.05) is 87.1 Å². The molecule has 0 aliphatic carbocycles. The number of nitrogens with zero attached hydrogens (tertiary/aromatic N) is 1. The number of aliphatic imine (C=N–C) groups is 1. The molecule has 1 amide bonds. The lowest BCUT2D eigenvalue weighted by Gasteiger charge is -2.31. The molecule has 44 heavy (non-hydrogen) atoms. The first kappa shape index (κ1) is 32.3. The van der Waals surface area contributed by atoms with Crippen LogP contribution in [0.2, 0.25) is 15.1 Å². The van der Waals surface area contributed by atoms with Gasteiger partial charge in [0.2, 0.25) is 5.90 Å². The van der Waals surface area contributed by atoms with Crippen molar-refractivity contribution in [3.05, 3.63) is 133 Å². The Balaban J connectivity index is 1.54. The number of carbonyl (C=O) groups excluding carboxylic acids is 1. The van der Waals surface area contributed by atoms with Crippen LogP contribution in [0.1, 0.15) is 34.8 Å². The summed E-state index contributed by atoms with van der Waals surface area (Å²) in [5.41, 5.74) is 1.79. The number of rotatable bonds is 12. The highest BCUT2D eigenvalue weighted by Gasteiger charge is 2.54. The molecule has 0 bridgehead atoms. The minimum Gasteiger partial charge on any atom is -0.494 e. The van der Waals surface area contributed by atoms with Gasteiger partial charge in [-0.25, -0.2) is 4.99 Å². The zero-order chi connectivity index (χ0) is 31.1. The van der Waals surface area contributed by atoms with Crippen LogP contribution in [0.15, 0.2) is 100 Å². The molecule has 0 unspecified atom stereocenters. The average molecular weight is 717 g/mol. The van der Waals surface area contributed by atoms with Crippen molar-refractivity contribution in [1.29, 1.82) is 0 Å². The van der Waals surface area contributed by atoms with E-state index in [4.69, 9.17) is 54.4 Å². The third-order valence-corrected chi connectivity index (χ3v) is 8.89. The Kier molecular flexibility index (Phi) is 10.9. The maximum Gasteiger partial charge on any atom is 0.252 e. The minimum absolute atomic E-state index is 0.0543. The number of hydrogen-bond acceptors (Lipinski definition) is 5. The summed E-state index contributed by atoms with van der Waals surface area (Å²) in [6, 6.07) is 27.7. The van der Waals surface area contributed by atoms with E-state index >= 15 is 0 Å². The number of nitrogens with one attached hydrogen (secondary N) is 1. The fourth-order valence-corrected chi connectivity index (χ4v) is 6.09. The van der Waals surface area contributed by atoms with Crippen LogP contribution >= 0.6 is 50.7 Å². The van der Waals surface area contributed by atoms with Gasteiger partial charge in [0.1, 0.15) is 5.75 Å². The minimum atomic E-state index is -1.41. The maximum atomic E-state index is 14.4. The molecule has 0 fully saturated rings. The first-order chi connectivity index (χ1) is 21.3. The van der Waals surface area contributed by atoms with Gasteiger partial charge < -0.3 is 19.9 Å². The van der Waals surface area contributed by atoms with Gasteiger partial charge in [-0.2, -0.15) is 0 Å². The fraction of sp³-hybridized carbons (Fsp3) is 0.235. The van der Waals surface area contributed by atoms with Gasteiger partial charge in [0.25, 0.3) is 5.91 Å². The monoisotopic (exact) mass is 714 g/mol. The first-order valence-corrected chi connectivity index (χ1v) is 16.0. The summed E-state index contributed by atoms with van der Waals surface area (Å²) in [5, 5.41) is 13.7. The van der Waals surface area contributed by atoms with Gasteiger partial charge in [0.05, 0.1) is 6.61 Å². The van der Waals surface area contributed by atoms with Gasteiger partial charge in [-0.15, -0.1) is 0 Å². The Hall–Kier alpha value is -3.07. The van der Waals surface area contributed by atoms with Crippen LogP contribution in [0.25, 0.3) is 0 Å². The van der Waals surface area contributed by atoms with E-state index in [0.29, 0.717) is 63.8 Å². The Labute approximate surface area is 280 Å². The number of amides is 1. The lowest BCUT2D eigenvalue weighted by molar-refractivity contribution is -0.128. The van der Waals surface area contributed by atoms with E-state index < -0.39 is 11.6 Å². The maximum absolute atomic E-state index is 14.4. The number of ether oxygens (including phenoxy) is 2. The predicted octanol–water partition coefficient (Wildman–Crippen LogP) is 8.03. The van der Waals surface area contributed by atoms with Crippen LogP contribution in [0.3, 0.4) is 0 Å². The fourth-order valence-electron chi connectivity index (χ4n) is 5.03. The number of aliphatic hydroxyl groups is 1. The summed E-state index contributed by atoms with van der Waals surface area (Å²) >= 11 is 22.7. The summed E-state index contributed by atoms with van der Waals surface area (Å²) < 4.78 is 13.1. The normalized spacial score (nSPS) is 17.6. The highest BCUT2D eigenvalue weighted by Crippen LogP contribution is 2.45. The summed E-state index contributed by atoms with van der Waals surface area (Å²) in [6.07, 6.45) is 0.517. The Bertz CT molecular complexity index is 1630. The van der Waals surface area contributed by atoms with E-state index in [-0.39, 0.29) is 18.9 Å². The smallest absolute Gasteiger partial charge is 0.252 e. The van der Waals surface area contributed by atoms with Gasteiger partial charge in [-0.3, -0.25) is 4.79 Å².